The van der Waals surface area contributed by atoms with Gasteiger partial charge in [0.15, 0.2) is 0 Å². The number of likely N-dealkylation sites (tertiary alicyclic amines) is 1. The first kappa shape index (κ1) is 25.6. The Balaban J connectivity index is 1.10. The van der Waals surface area contributed by atoms with E-state index in [1.807, 2.05) is 24.1 Å². The molecule has 0 bridgehead atoms. The van der Waals surface area contributed by atoms with Gasteiger partial charge >= 0.3 is 0 Å². The highest BCUT2D eigenvalue weighted by atomic mass is 16.5. The fourth-order valence-electron chi connectivity index (χ4n) is 6.40. The number of piperidine rings is 1. The van der Waals surface area contributed by atoms with E-state index >= 15 is 0 Å². The van der Waals surface area contributed by atoms with Crippen LogP contribution in [0.2, 0.25) is 0 Å². The first-order chi connectivity index (χ1) is 19.0. The average Bonchev–Trinajstić information content (AvgIpc) is 3.68. The summed E-state index contributed by atoms with van der Waals surface area (Å²) in [6.45, 7) is 6.08. The third-order valence-electron chi connectivity index (χ3n) is 8.79. The molecule has 0 saturated carbocycles. The van der Waals surface area contributed by atoms with Gasteiger partial charge in [0.1, 0.15) is 5.75 Å². The molecule has 6 rings (SSSR count). The standard InChI is InChI=1S/C30H35N5O4/c1-20(5-6-28(37)31-19-36)35-17-23-14-25-27(15-24(23)29(35)38)39-18-30(25)8-11-34(12-9-30)16-21-3-2-4-22(13-21)26-7-10-32-33-26/h2-4,7,10,13-15,19-20,26,32-33H,5-6,8-9,11-12,16-18H2,1H3,(H,31,36,37). The topological polar surface area (TPSA) is 103 Å². The maximum absolute atomic E-state index is 13.2. The number of benzene rings is 2. The van der Waals surface area contributed by atoms with Gasteiger partial charge in [0.2, 0.25) is 12.3 Å². The van der Waals surface area contributed by atoms with Crippen molar-refractivity contribution in [3.8, 4) is 5.75 Å². The molecule has 4 aliphatic rings. The van der Waals surface area contributed by atoms with Crippen molar-refractivity contribution in [2.75, 3.05) is 19.7 Å². The molecule has 2 unspecified atom stereocenters. The molecule has 1 saturated heterocycles. The quantitative estimate of drug-likeness (QED) is 0.452. The van der Waals surface area contributed by atoms with E-state index < -0.39 is 0 Å². The molecule has 1 spiro atoms. The Hall–Kier alpha value is -3.69. The van der Waals surface area contributed by atoms with Crippen molar-refractivity contribution in [1.82, 2.24) is 26.0 Å². The van der Waals surface area contributed by atoms with E-state index in [2.05, 4.69) is 57.5 Å². The van der Waals surface area contributed by atoms with Crippen LogP contribution in [-0.4, -0.2) is 53.8 Å². The summed E-state index contributed by atoms with van der Waals surface area (Å²) in [6, 6.07) is 13.0. The molecular weight excluding hydrogens is 494 g/mol. The number of imide groups is 1. The van der Waals surface area contributed by atoms with Crippen molar-refractivity contribution in [3.63, 3.8) is 0 Å². The Labute approximate surface area is 228 Å². The summed E-state index contributed by atoms with van der Waals surface area (Å²) < 4.78 is 6.20. The van der Waals surface area contributed by atoms with Gasteiger partial charge in [0.05, 0.1) is 12.6 Å². The lowest BCUT2D eigenvalue weighted by Gasteiger charge is -2.38. The second-order valence-electron chi connectivity index (χ2n) is 11.2. The van der Waals surface area contributed by atoms with Crippen molar-refractivity contribution in [3.05, 3.63) is 76.5 Å². The maximum atomic E-state index is 13.2. The number of nitrogens with one attached hydrogen (secondary N) is 3. The minimum absolute atomic E-state index is 0.0120. The van der Waals surface area contributed by atoms with Crippen LogP contribution in [0.15, 0.2) is 48.7 Å². The third-order valence-corrected chi connectivity index (χ3v) is 8.79. The molecule has 9 nitrogen and oxygen atoms in total. The van der Waals surface area contributed by atoms with E-state index in [0.29, 0.717) is 31.5 Å². The summed E-state index contributed by atoms with van der Waals surface area (Å²) in [7, 11) is 0. The molecule has 2 atom stereocenters. The summed E-state index contributed by atoms with van der Waals surface area (Å²) >= 11 is 0. The number of carbonyl (C=O) groups excluding carboxylic acids is 3. The van der Waals surface area contributed by atoms with E-state index in [1.54, 1.807) is 0 Å². The number of hydrogen-bond donors (Lipinski definition) is 3. The van der Waals surface area contributed by atoms with E-state index in [4.69, 9.17) is 4.74 Å². The molecule has 0 radical (unpaired) electrons. The zero-order chi connectivity index (χ0) is 27.0. The van der Waals surface area contributed by atoms with Crippen LogP contribution in [0.1, 0.15) is 71.3 Å². The zero-order valence-corrected chi connectivity index (χ0v) is 22.2. The van der Waals surface area contributed by atoms with Gasteiger partial charge in [-0.1, -0.05) is 24.3 Å². The van der Waals surface area contributed by atoms with Crippen LogP contribution >= 0.6 is 0 Å². The first-order valence-corrected chi connectivity index (χ1v) is 13.8. The van der Waals surface area contributed by atoms with Crippen LogP contribution in [0, 0.1) is 0 Å². The zero-order valence-electron chi connectivity index (χ0n) is 22.2. The van der Waals surface area contributed by atoms with Gasteiger partial charge < -0.3 is 15.1 Å². The summed E-state index contributed by atoms with van der Waals surface area (Å²) in [5.41, 5.74) is 11.8. The van der Waals surface area contributed by atoms with Gasteiger partial charge in [-0.2, -0.15) is 0 Å². The van der Waals surface area contributed by atoms with Gasteiger partial charge in [0, 0.05) is 48.3 Å². The van der Waals surface area contributed by atoms with Crippen LogP contribution in [0.5, 0.6) is 5.75 Å². The van der Waals surface area contributed by atoms with Crippen LogP contribution in [-0.2, 0) is 28.1 Å². The van der Waals surface area contributed by atoms with Gasteiger partial charge in [-0.25, -0.2) is 5.43 Å². The van der Waals surface area contributed by atoms with Gasteiger partial charge in [0.25, 0.3) is 5.91 Å². The van der Waals surface area contributed by atoms with Crippen molar-refractivity contribution >= 4 is 18.2 Å². The normalized spacial score (nSPS) is 21.8. The predicted octanol–water partition coefficient (Wildman–Crippen LogP) is 2.67. The molecule has 0 aliphatic carbocycles. The Morgan fingerprint density at radius 2 is 2.10 bits per heavy atom. The van der Waals surface area contributed by atoms with Crippen molar-refractivity contribution in [1.29, 1.82) is 0 Å². The highest BCUT2D eigenvalue weighted by Crippen LogP contribution is 2.48. The molecule has 3 N–H and O–H groups in total. The SMILES string of the molecule is CC(CCC(=O)NC=O)N1Cc2cc3c(cc2C1=O)OCC31CCN(Cc2cccc(C3C=CNN3)c2)CC1. The molecule has 204 valence electrons. The molecule has 2 aromatic rings. The molecular formula is C30H35N5O4. The van der Waals surface area contributed by atoms with Crippen LogP contribution < -0.4 is 20.9 Å². The van der Waals surface area contributed by atoms with Gasteiger partial charge in [-0.3, -0.25) is 24.6 Å². The van der Waals surface area contributed by atoms with E-state index in [-0.39, 0.29) is 35.7 Å². The minimum Gasteiger partial charge on any atom is -0.492 e. The summed E-state index contributed by atoms with van der Waals surface area (Å²) in [5, 5.41) is 2.16. The largest absolute Gasteiger partial charge is 0.492 e. The number of hydrogen-bond acceptors (Lipinski definition) is 7. The fraction of sp³-hybridized carbons (Fsp3) is 0.433. The maximum Gasteiger partial charge on any atom is 0.254 e. The number of ether oxygens (including phenoxy) is 1. The molecule has 1 fully saturated rings. The van der Waals surface area contributed by atoms with Crippen LogP contribution in [0.4, 0.5) is 0 Å². The second-order valence-corrected chi connectivity index (χ2v) is 11.2. The number of nitrogens with zero attached hydrogens (tertiary/aromatic N) is 2. The number of carbonyl (C=O) groups is 3. The monoisotopic (exact) mass is 529 g/mol. The Morgan fingerprint density at radius 3 is 2.87 bits per heavy atom. The average molecular weight is 530 g/mol. The van der Waals surface area contributed by atoms with E-state index in [1.165, 1.54) is 16.7 Å². The van der Waals surface area contributed by atoms with Crippen molar-refractivity contribution in [2.24, 2.45) is 0 Å². The fourth-order valence-corrected chi connectivity index (χ4v) is 6.40. The summed E-state index contributed by atoms with van der Waals surface area (Å²) in [5.74, 6) is 0.500. The molecule has 3 amide bonds. The van der Waals surface area contributed by atoms with E-state index in [0.717, 1.165) is 43.8 Å². The molecule has 2 aromatic carbocycles. The summed E-state index contributed by atoms with van der Waals surface area (Å²) in [4.78, 5) is 39.7. The lowest BCUT2D eigenvalue weighted by molar-refractivity contribution is -0.125. The number of fused-ring (bicyclic) bond motifs is 3. The smallest absolute Gasteiger partial charge is 0.254 e. The lowest BCUT2D eigenvalue weighted by atomic mass is 9.74. The Kier molecular flexibility index (Phi) is 6.86. The molecule has 9 heteroatoms. The van der Waals surface area contributed by atoms with Crippen LogP contribution in [0.3, 0.4) is 0 Å². The number of hydrazine groups is 1. The minimum atomic E-state index is -0.324. The van der Waals surface area contributed by atoms with Crippen molar-refractivity contribution in [2.45, 2.75) is 63.2 Å². The third kappa shape index (κ3) is 4.92. The van der Waals surface area contributed by atoms with E-state index in [9.17, 15) is 14.4 Å². The highest BCUT2D eigenvalue weighted by molar-refractivity contribution is 5.99. The number of amides is 3. The summed E-state index contributed by atoms with van der Waals surface area (Å²) in [6.07, 6.45) is 7.21. The Bertz CT molecular complexity index is 1320. The highest BCUT2D eigenvalue weighted by Gasteiger charge is 2.45. The van der Waals surface area contributed by atoms with Crippen molar-refractivity contribution < 1.29 is 19.1 Å². The molecule has 0 aromatic heterocycles. The number of rotatable bonds is 8. The van der Waals surface area contributed by atoms with Gasteiger partial charge in [-0.05, 0) is 74.2 Å². The Morgan fingerprint density at radius 1 is 1.26 bits per heavy atom. The second kappa shape index (κ2) is 10.5. The first-order valence-electron chi connectivity index (χ1n) is 13.8. The molecule has 4 aliphatic heterocycles. The lowest BCUT2D eigenvalue weighted by Crippen LogP contribution is -2.43. The molecule has 4 heterocycles. The molecule has 39 heavy (non-hydrogen) atoms. The van der Waals surface area contributed by atoms with Gasteiger partial charge in [-0.15, -0.1) is 0 Å². The van der Waals surface area contributed by atoms with Crippen LogP contribution in [0.25, 0.3) is 0 Å². The predicted molar refractivity (Wildman–Crippen MR) is 145 cm³/mol.